The summed E-state index contributed by atoms with van der Waals surface area (Å²) in [7, 11) is -3.64. The number of rotatable bonds is 9. The maximum atomic E-state index is 13.3. The van der Waals surface area contributed by atoms with Gasteiger partial charge in [0.15, 0.2) is 17.7 Å². The van der Waals surface area contributed by atoms with Gasteiger partial charge in [-0.05, 0) is 6.92 Å². The number of anilines is 1. The molecular weight excluding hydrogens is 503 g/mol. The molecule has 1 aliphatic heterocycles. The molecular formula is C20H23F5N4O5S. The number of ether oxygens (including phenoxy) is 1. The Kier molecular flexibility index (Phi) is 6.87. The molecule has 0 N–H and O–H groups in total. The van der Waals surface area contributed by atoms with Gasteiger partial charge < -0.3 is 14.2 Å². The number of aromatic nitrogens is 3. The van der Waals surface area contributed by atoms with Crippen molar-refractivity contribution in [3.05, 3.63) is 29.7 Å². The summed E-state index contributed by atoms with van der Waals surface area (Å²) in [5.74, 6) is -4.65. The van der Waals surface area contributed by atoms with Crippen molar-refractivity contribution in [1.82, 2.24) is 15.1 Å². The Bertz CT molecular complexity index is 1210. The molecule has 1 saturated heterocycles. The van der Waals surface area contributed by atoms with Crippen LogP contribution in [0.3, 0.4) is 0 Å². The molecule has 0 bridgehead atoms. The predicted molar refractivity (Wildman–Crippen MR) is 113 cm³/mol. The summed E-state index contributed by atoms with van der Waals surface area (Å²) in [6.07, 6.45) is -5.60. The third kappa shape index (κ3) is 6.44. The number of sulfone groups is 1. The highest BCUT2D eigenvalue weighted by molar-refractivity contribution is 7.90. The highest BCUT2D eigenvalue weighted by Crippen LogP contribution is 2.39. The third-order valence-corrected chi connectivity index (χ3v) is 6.44. The number of nitrogens with zero attached hydrogens (tertiary/aromatic N) is 4. The zero-order valence-corrected chi connectivity index (χ0v) is 20.0. The maximum Gasteiger partial charge on any atom is 0.425 e. The Hall–Kier alpha value is -2.84. The topological polar surface area (TPSA) is 115 Å². The largest absolute Gasteiger partial charge is 0.479 e. The first kappa shape index (κ1) is 26.8. The number of aryl methyl sites for hydroxylation is 1. The molecule has 0 aliphatic carbocycles. The first-order chi connectivity index (χ1) is 15.9. The van der Waals surface area contributed by atoms with Gasteiger partial charge in [-0.2, -0.15) is 18.2 Å². The van der Waals surface area contributed by atoms with Crippen LogP contribution in [0.1, 0.15) is 42.5 Å². The van der Waals surface area contributed by atoms with Crippen LogP contribution in [0, 0.1) is 6.92 Å². The number of alkyl halides is 5. The standard InChI is InChI=1S/C20H23F5N4O5S/c1-11(20(23,24)25)33-16-5-13(26-7-14(16)29-8-19(21,22)9-29)15(30)6-18(3,10-35(4,31)32)17-27-12(2)34-28-17/h5,7,11H,6,8-10H2,1-4H3/t11-,18?/m0/s1. The Morgan fingerprint density at radius 3 is 2.43 bits per heavy atom. The van der Waals surface area contributed by atoms with Crippen LogP contribution in [0.5, 0.6) is 5.75 Å². The lowest BCUT2D eigenvalue weighted by Gasteiger charge is -2.41. The molecule has 9 nitrogen and oxygen atoms in total. The van der Waals surface area contributed by atoms with Crippen molar-refractivity contribution >= 4 is 21.3 Å². The fourth-order valence-corrected chi connectivity index (χ4v) is 5.00. The van der Waals surface area contributed by atoms with E-state index in [1.54, 1.807) is 0 Å². The molecule has 0 aromatic carbocycles. The summed E-state index contributed by atoms with van der Waals surface area (Å²) < 4.78 is 99.9. The number of carbonyl (C=O) groups excluding carboxylic acids is 1. The molecule has 2 atom stereocenters. The quantitative estimate of drug-likeness (QED) is 0.359. The average Bonchev–Trinajstić information content (AvgIpc) is 3.11. The smallest absolute Gasteiger partial charge is 0.425 e. The molecule has 0 amide bonds. The van der Waals surface area contributed by atoms with E-state index in [0.29, 0.717) is 0 Å². The van der Waals surface area contributed by atoms with E-state index in [0.717, 1.165) is 30.3 Å². The molecule has 0 radical (unpaired) electrons. The number of pyridine rings is 1. The molecule has 194 valence electrons. The second-order valence-electron chi connectivity index (χ2n) is 8.92. The molecule has 1 aliphatic rings. The average molecular weight is 526 g/mol. The van der Waals surface area contributed by atoms with Gasteiger partial charge in [0.1, 0.15) is 21.3 Å². The lowest BCUT2D eigenvalue weighted by atomic mass is 9.85. The molecule has 0 spiro atoms. The Morgan fingerprint density at radius 1 is 1.31 bits per heavy atom. The van der Waals surface area contributed by atoms with Gasteiger partial charge in [0.2, 0.25) is 5.89 Å². The lowest BCUT2D eigenvalue weighted by molar-refractivity contribution is -0.189. The molecule has 3 heterocycles. The summed E-state index contributed by atoms with van der Waals surface area (Å²) >= 11 is 0. The van der Waals surface area contributed by atoms with Crippen molar-refractivity contribution < 1.29 is 44.4 Å². The van der Waals surface area contributed by atoms with Gasteiger partial charge >= 0.3 is 6.18 Å². The third-order valence-electron chi connectivity index (χ3n) is 5.28. The fraction of sp³-hybridized carbons (Fsp3) is 0.600. The van der Waals surface area contributed by atoms with Crippen LogP contribution in [-0.2, 0) is 15.3 Å². The second-order valence-corrected chi connectivity index (χ2v) is 11.1. The van der Waals surface area contributed by atoms with Crippen LogP contribution in [0.15, 0.2) is 16.8 Å². The van der Waals surface area contributed by atoms with E-state index in [-0.39, 0.29) is 23.1 Å². The van der Waals surface area contributed by atoms with Crippen LogP contribution >= 0.6 is 0 Å². The minimum absolute atomic E-state index is 0.0460. The van der Waals surface area contributed by atoms with Gasteiger partial charge in [0.25, 0.3) is 5.92 Å². The van der Waals surface area contributed by atoms with Crippen molar-refractivity contribution in [1.29, 1.82) is 0 Å². The Balaban J connectivity index is 1.95. The van der Waals surface area contributed by atoms with Gasteiger partial charge in [0.05, 0.1) is 36.1 Å². The van der Waals surface area contributed by atoms with Gasteiger partial charge in [-0.1, -0.05) is 12.1 Å². The minimum Gasteiger partial charge on any atom is -0.479 e. The zero-order valence-electron chi connectivity index (χ0n) is 19.2. The normalized spacial score (nSPS) is 18.5. The van der Waals surface area contributed by atoms with Gasteiger partial charge in [0, 0.05) is 25.7 Å². The van der Waals surface area contributed by atoms with Crippen LogP contribution in [0.4, 0.5) is 27.6 Å². The maximum absolute atomic E-state index is 13.3. The summed E-state index contributed by atoms with van der Waals surface area (Å²) in [6, 6.07) is 0.929. The monoisotopic (exact) mass is 526 g/mol. The molecule has 35 heavy (non-hydrogen) atoms. The van der Waals surface area contributed by atoms with Crippen LogP contribution in [0.2, 0.25) is 0 Å². The van der Waals surface area contributed by atoms with E-state index in [4.69, 9.17) is 9.26 Å². The van der Waals surface area contributed by atoms with E-state index in [9.17, 15) is 35.2 Å². The summed E-state index contributed by atoms with van der Waals surface area (Å²) in [6.45, 7) is 2.14. The number of carbonyl (C=O) groups is 1. The van der Waals surface area contributed by atoms with Gasteiger partial charge in [-0.25, -0.2) is 17.2 Å². The van der Waals surface area contributed by atoms with E-state index in [2.05, 4.69) is 15.1 Å². The van der Waals surface area contributed by atoms with Gasteiger partial charge in [-0.15, -0.1) is 0 Å². The molecule has 3 rings (SSSR count). The summed E-state index contributed by atoms with van der Waals surface area (Å²) in [4.78, 5) is 22.1. The number of ketones is 1. The number of Topliss-reactive ketones (excluding diaryl/α,β-unsaturated/α-hetero) is 1. The zero-order chi connectivity index (χ0) is 26.4. The molecule has 0 saturated carbocycles. The first-order valence-corrected chi connectivity index (χ1v) is 12.3. The van der Waals surface area contributed by atoms with Crippen LogP contribution in [0.25, 0.3) is 0 Å². The molecule has 2 aromatic rings. The lowest BCUT2D eigenvalue weighted by Crippen LogP contribution is -2.56. The number of halogens is 5. The van der Waals surface area contributed by atoms with Gasteiger partial charge in [-0.3, -0.25) is 9.78 Å². The van der Waals surface area contributed by atoms with E-state index in [1.165, 1.54) is 13.8 Å². The number of hydrogen-bond acceptors (Lipinski definition) is 9. The molecule has 1 unspecified atom stereocenters. The van der Waals surface area contributed by atoms with Crippen molar-refractivity contribution in [2.75, 3.05) is 30.0 Å². The van der Waals surface area contributed by atoms with E-state index < -0.39 is 70.3 Å². The Morgan fingerprint density at radius 2 is 1.94 bits per heavy atom. The predicted octanol–water partition coefficient (Wildman–Crippen LogP) is 3.13. The fourth-order valence-electron chi connectivity index (χ4n) is 3.62. The van der Waals surface area contributed by atoms with E-state index >= 15 is 0 Å². The first-order valence-electron chi connectivity index (χ1n) is 10.3. The second kappa shape index (κ2) is 8.99. The Labute approximate surface area is 197 Å². The summed E-state index contributed by atoms with van der Waals surface area (Å²) in [5, 5.41) is 3.72. The highest BCUT2D eigenvalue weighted by atomic mass is 32.2. The van der Waals surface area contributed by atoms with Crippen molar-refractivity contribution in [2.24, 2.45) is 0 Å². The van der Waals surface area contributed by atoms with Crippen molar-refractivity contribution in [3.8, 4) is 5.75 Å². The summed E-state index contributed by atoms with van der Waals surface area (Å²) in [5.41, 5.74) is -1.91. The number of hydrogen-bond donors (Lipinski definition) is 0. The molecule has 15 heteroatoms. The van der Waals surface area contributed by atoms with Crippen LogP contribution < -0.4 is 9.64 Å². The van der Waals surface area contributed by atoms with E-state index in [1.807, 2.05) is 0 Å². The van der Waals surface area contributed by atoms with Crippen molar-refractivity contribution in [3.63, 3.8) is 0 Å². The minimum atomic E-state index is -4.76. The molecule has 1 fully saturated rings. The van der Waals surface area contributed by atoms with Crippen LogP contribution in [-0.4, -0.2) is 72.6 Å². The highest BCUT2D eigenvalue weighted by Gasteiger charge is 2.46. The SMILES string of the molecule is Cc1nc(C(C)(CC(=O)c2cc(O[C@@H](C)C(F)(F)F)c(N3CC(F)(F)C3)cn2)CS(C)(=O)=O)no1. The molecule has 2 aromatic heterocycles. The van der Waals surface area contributed by atoms with Crippen molar-refractivity contribution in [2.45, 2.75) is 50.8 Å².